The van der Waals surface area contributed by atoms with E-state index in [-0.39, 0.29) is 12.5 Å². The summed E-state index contributed by atoms with van der Waals surface area (Å²) in [6, 6.07) is 8.04. The number of carbonyl (C=O) groups excluding carboxylic acids is 1. The van der Waals surface area contributed by atoms with Gasteiger partial charge in [-0.2, -0.15) is 5.26 Å². The lowest BCUT2D eigenvalue weighted by molar-refractivity contribution is -0.118. The molecule has 0 bridgehead atoms. The van der Waals surface area contributed by atoms with E-state index in [0.717, 1.165) is 24.1 Å². The first kappa shape index (κ1) is 11.6. The minimum absolute atomic E-state index is 0.0330. The molecule has 0 radical (unpaired) electrons. The third-order valence-electron chi connectivity index (χ3n) is 3.01. The molecule has 0 unspecified atom stereocenters. The smallest absolute Gasteiger partial charge is 0.228 e. The molecule has 1 amide bonds. The van der Waals surface area contributed by atoms with E-state index in [4.69, 9.17) is 11.0 Å². The maximum atomic E-state index is 11.7. The minimum atomic E-state index is 0.0330. The van der Waals surface area contributed by atoms with E-state index in [2.05, 4.69) is 6.07 Å². The zero-order chi connectivity index (χ0) is 12.3. The highest BCUT2D eigenvalue weighted by atomic mass is 16.2. The lowest BCUT2D eigenvalue weighted by atomic mass is 9.98. The van der Waals surface area contributed by atoms with Crippen LogP contribution in [0.4, 0.5) is 5.69 Å². The van der Waals surface area contributed by atoms with Crippen molar-refractivity contribution in [3.05, 3.63) is 29.3 Å². The summed E-state index contributed by atoms with van der Waals surface area (Å²) in [4.78, 5) is 13.3. The molecule has 0 fully saturated rings. The molecule has 4 heteroatoms. The van der Waals surface area contributed by atoms with E-state index in [0.29, 0.717) is 13.0 Å². The summed E-state index contributed by atoms with van der Waals surface area (Å²) in [5, 5.41) is 8.74. The van der Waals surface area contributed by atoms with Gasteiger partial charge in [-0.3, -0.25) is 9.69 Å². The molecule has 0 aromatic heterocycles. The van der Waals surface area contributed by atoms with Crippen LogP contribution in [0.25, 0.3) is 0 Å². The number of aryl methyl sites for hydroxylation is 1. The Morgan fingerprint density at radius 3 is 2.94 bits per heavy atom. The average molecular weight is 229 g/mol. The predicted octanol–water partition coefficient (Wildman–Crippen LogP) is 0.991. The Bertz CT molecular complexity index is 476. The molecule has 1 aromatic carbocycles. The molecule has 4 nitrogen and oxygen atoms in total. The topological polar surface area (TPSA) is 70.1 Å². The van der Waals surface area contributed by atoms with Crippen LogP contribution in [0, 0.1) is 11.3 Å². The third kappa shape index (κ3) is 2.29. The van der Waals surface area contributed by atoms with Gasteiger partial charge in [0, 0.05) is 12.1 Å². The van der Waals surface area contributed by atoms with Crippen LogP contribution in [-0.4, -0.2) is 19.0 Å². The Labute approximate surface area is 101 Å². The largest absolute Gasteiger partial charge is 0.330 e. The van der Waals surface area contributed by atoms with Crippen molar-refractivity contribution in [2.75, 3.05) is 18.0 Å². The van der Waals surface area contributed by atoms with Crippen molar-refractivity contribution in [3.8, 4) is 6.07 Å². The van der Waals surface area contributed by atoms with E-state index < -0.39 is 0 Å². The number of anilines is 1. The van der Waals surface area contributed by atoms with Crippen molar-refractivity contribution in [1.29, 1.82) is 5.26 Å². The quantitative estimate of drug-likeness (QED) is 0.786. The highest BCUT2D eigenvalue weighted by molar-refractivity contribution is 5.96. The zero-order valence-electron chi connectivity index (χ0n) is 9.65. The van der Waals surface area contributed by atoms with Gasteiger partial charge in [-0.15, -0.1) is 0 Å². The molecule has 0 saturated carbocycles. The number of nitrogens with two attached hydrogens (primary N) is 1. The van der Waals surface area contributed by atoms with Gasteiger partial charge >= 0.3 is 0 Å². The van der Waals surface area contributed by atoms with Crippen molar-refractivity contribution < 1.29 is 4.79 Å². The Morgan fingerprint density at radius 1 is 1.41 bits per heavy atom. The fraction of sp³-hybridized carbons (Fsp3) is 0.385. The number of nitriles is 1. The normalized spacial score (nSPS) is 14.4. The second kappa shape index (κ2) is 4.98. The van der Waals surface area contributed by atoms with Crippen molar-refractivity contribution in [2.24, 2.45) is 5.73 Å². The summed E-state index contributed by atoms with van der Waals surface area (Å²) >= 11 is 0. The van der Waals surface area contributed by atoms with Gasteiger partial charge in [-0.05, 0) is 36.6 Å². The molecule has 0 spiro atoms. The van der Waals surface area contributed by atoms with Gasteiger partial charge in [0.05, 0.1) is 6.07 Å². The van der Waals surface area contributed by atoms with Crippen LogP contribution >= 0.6 is 0 Å². The number of hydrogen-bond donors (Lipinski definition) is 1. The van der Waals surface area contributed by atoms with Gasteiger partial charge in [-0.1, -0.05) is 12.1 Å². The summed E-state index contributed by atoms with van der Waals surface area (Å²) in [5.74, 6) is 0.0330. The lowest BCUT2D eigenvalue weighted by Crippen LogP contribution is -2.35. The number of fused-ring (bicyclic) bond motifs is 1. The van der Waals surface area contributed by atoms with E-state index in [1.54, 1.807) is 4.90 Å². The van der Waals surface area contributed by atoms with Gasteiger partial charge in [0.25, 0.3) is 0 Å². The third-order valence-corrected chi connectivity index (χ3v) is 3.01. The lowest BCUT2D eigenvalue weighted by Gasteiger charge is -2.27. The first-order valence-corrected chi connectivity index (χ1v) is 5.75. The van der Waals surface area contributed by atoms with Gasteiger partial charge in [0.2, 0.25) is 5.91 Å². The van der Waals surface area contributed by atoms with Crippen LogP contribution in [-0.2, 0) is 17.6 Å². The Morgan fingerprint density at radius 2 is 2.24 bits per heavy atom. The highest BCUT2D eigenvalue weighted by Gasteiger charge is 2.23. The number of amides is 1. The summed E-state index contributed by atoms with van der Waals surface area (Å²) in [7, 11) is 0. The van der Waals surface area contributed by atoms with Crippen LogP contribution in [0.2, 0.25) is 0 Å². The second-order valence-electron chi connectivity index (χ2n) is 4.14. The van der Waals surface area contributed by atoms with Gasteiger partial charge in [-0.25, -0.2) is 0 Å². The zero-order valence-corrected chi connectivity index (χ0v) is 9.65. The molecule has 2 N–H and O–H groups in total. The maximum absolute atomic E-state index is 11.7. The van der Waals surface area contributed by atoms with Crippen LogP contribution in [0.3, 0.4) is 0 Å². The summed E-state index contributed by atoms with van der Waals surface area (Å²) < 4.78 is 0. The van der Waals surface area contributed by atoms with Crippen LogP contribution < -0.4 is 10.6 Å². The standard InChI is InChI=1S/C13H15N3O/c14-6-5-10-1-3-12-11(9-10)2-4-13(17)16(12)8-7-15/h1,3,9H,2,4-6,8,14H2. The SMILES string of the molecule is N#CCN1C(=O)CCc2cc(CCN)ccc21. The van der Waals surface area contributed by atoms with Crippen LogP contribution in [0.1, 0.15) is 17.5 Å². The molecule has 2 rings (SSSR count). The molecular formula is C13H15N3O. The molecule has 1 aromatic rings. The number of benzene rings is 1. The van der Waals surface area contributed by atoms with Gasteiger partial charge in [0.15, 0.2) is 0 Å². The molecule has 1 aliphatic rings. The molecule has 0 aliphatic carbocycles. The fourth-order valence-electron chi connectivity index (χ4n) is 2.18. The molecule has 17 heavy (non-hydrogen) atoms. The summed E-state index contributed by atoms with van der Waals surface area (Å²) in [5.41, 5.74) is 8.74. The first-order valence-electron chi connectivity index (χ1n) is 5.75. The maximum Gasteiger partial charge on any atom is 0.228 e. The molecule has 88 valence electrons. The molecule has 1 heterocycles. The average Bonchev–Trinajstić information content (AvgIpc) is 2.33. The van der Waals surface area contributed by atoms with E-state index >= 15 is 0 Å². The minimum Gasteiger partial charge on any atom is -0.330 e. The number of rotatable bonds is 3. The van der Waals surface area contributed by atoms with E-state index in [1.807, 2.05) is 18.2 Å². The van der Waals surface area contributed by atoms with Crippen molar-refractivity contribution >= 4 is 11.6 Å². The number of hydrogen-bond acceptors (Lipinski definition) is 3. The van der Waals surface area contributed by atoms with Gasteiger partial charge < -0.3 is 5.73 Å². The summed E-state index contributed by atoms with van der Waals surface area (Å²) in [6.45, 7) is 0.752. The van der Waals surface area contributed by atoms with Gasteiger partial charge in [0.1, 0.15) is 6.54 Å². The van der Waals surface area contributed by atoms with E-state index in [1.165, 1.54) is 5.56 Å². The Balaban J connectivity index is 2.34. The highest BCUT2D eigenvalue weighted by Crippen LogP contribution is 2.28. The molecule has 0 atom stereocenters. The van der Waals surface area contributed by atoms with Crippen LogP contribution in [0.5, 0.6) is 0 Å². The van der Waals surface area contributed by atoms with Crippen LogP contribution in [0.15, 0.2) is 18.2 Å². The fourth-order valence-corrected chi connectivity index (χ4v) is 2.18. The van der Waals surface area contributed by atoms with E-state index in [9.17, 15) is 4.79 Å². The monoisotopic (exact) mass is 229 g/mol. The molecule has 1 aliphatic heterocycles. The Hall–Kier alpha value is -1.86. The predicted molar refractivity (Wildman–Crippen MR) is 65.5 cm³/mol. The second-order valence-corrected chi connectivity index (χ2v) is 4.14. The first-order chi connectivity index (χ1) is 8.26. The molecule has 0 saturated heterocycles. The Kier molecular flexibility index (Phi) is 3.40. The van der Waals surface area contributed by atoms with Crippen molar-refractivity contribution in [1.82, 2.24) is 0 Å². The summed E-state index contributed by atoms with van der Waals surface area (Å²) in [6.07, 6.45) is 2.09. The number of carbonyl (C=O) groups is 1. The van der Waals surface area contributed by atoms with Crippen molar-refractivity contribution in [3.63, 3.8) is 0 Å². The number of nitrogens with zero attached hydrogens (tertiary/aromatic N) is 2. The molecular weight excluding hydrogens is 214 g/mol. The van der Waals surface area contributed by atoms with Crippen molar-refractivity contribution in [2.45, 2.75) is 19.3 Å².